The van der Waals surface area contributed by atoms with Crippen LogP contribution in [-0.4, -0.2) is 25.5 Å². The fourth-order valence-electron chi connectivity index (χ4n) is 2.15. The summed E-state index contributed by atoms with van der Waals surface area (Å²) in [5, 5.41) is 6.25. The number of piperidine rings is 1. The van der Waals surface area contributed by atoms with E-state index in [2.05, 4.69) is 10.6 Å². The zero-order chi connectivity index (χ0) is 7.84. The Labute approximate surface area is 78.7 Å². The van der Waals surface area contributed by atoms with Crippen LogP contribution in [0.25, 0.3) is 0 Å². The van der Waals surface area contributed by atoms with Crippen LogP contribution < -0.4 is 10.6 Å². The van der Waals surface area contributed by atoms with Crippen molar-refractivity contribution in [2.45, 2.75) is 6.92 Å². The summed E-state index contributed by atoms with van der Waals surface area (Å²) in [5.74, 6) is 1.71. The van der Waals surface area contributed by atoms with Gasteiger partial charge in [0.15, 0.2) is 0 Å². The second-order valence-electron chi connectivity index (χ2n) is 3.62. The molecule has 0 bridgehead atoms. The quantitative estimate of drug-likeness (QED) is 0.565. The molecule has 0 aromatic rings. The summed E-state index contributed by atoms with van der Waals surface area (Å²) < 4.78 is 0. The minimum Gasteiger partial charge on any atom is -0.356 e. The van der Waals surface area contributed by atoms with Crippen LogP contribution in [-0.2, 0) is 4.79 Å². The molecule has 12 heavy (non-hydrogen) atoms. The van der Waals surface area contributed by atoms with E-state index in [9.17, 15) is 4.79 Å². The molecule has 0 aromatic heterocycles. The molecule has 4 heteroatoms. The molecule has 70 valence electrons. The van der Waals surface area contributed by atoms with Crippen LogP contribution in [0.2, 0.25) is 0 Å². The molecule has 0 saturated carbocycles. The summed E-state index contributed by atoms with van der Waals surface area (Å²) >= 11 is 0. The summed E-state index contributed by atoms with van der Waals surface area (Å²) in [6, 6.07) is 0. The molecule has 0 spiro atoms. The maximum absolute atomic E-state index is 11.2. The van der Waals surface area contributed by atoms with Crippen molar-refractivity contribution in [2.24, 2.45) is 17.8 Å². The molecule has 3 atom stereocenters. The average molecular weight is 191 g/mol. The number of hydrogen-bond donors (Lipinski definition) is 2. The SMILES string of the molecule is C[C@H]1C(=O)NC[C@H]2CNC[C@H]21.Cl. The Balaban J connectivity index is 0.000000720. The number of halogens is 1. The molecule has 0 unspecified atom stereocenters. The van der Waals surface area contributed by atoms with E-state index in [1.54, 1.807) is 0 Å². The summed E-state index contributed by atoms with van der Waals surface area (Å²) in [7, 11) is 0. The molecular weight excluding hydrogens is 176 g/mol. The largest absolute Gasteiger partial charge is 0.356 e. The van der Waals surface area contributed by atoms with Crippen molar-refractivity contribution < 1.29 is 4.79 Å². The predicted octanol–water partition coefficient (Wildman–Crippen LogP) is 0.00970. The molecule has 0 radical (unpaired) electrons. The van der Waals surface area contributed by atoms with E-state index in [1.807, 2.05) is 6.92 Å². The zero-order valence-electron chi connectivity index (χ0n) is 7.17. The molecule has 3 nitrogen and oxygen atoms in total. The van der Waals surface area contributed by atoms with E-state index in [0.29, 0.717) is 11.8 Å². The first kappa shape index (κ1) is 9.81. The third-order valence-corrected chi connectivity index (χ3v) is 2.99. The van der Waals surface area contributed by atoms with Gasteiger partial charge in [0.1, 0.15) is 0 Å². The lowest BCUT2D eigenvalue weighted by Gasteiger charge is -2.30. The third-order valence-electron chi connectivity index (χ3n) is 2.99. The lowest BCUT2D eigenvalue weighted by molar-refractivity contribution is -0.128. The molecule has 2 N–H and O–H groups in total. The van der Waals surface area contributed by atoms with Crippen LogP contribution >= 0.6 is 12.4 Å². The van der Waals surface area contributed by atoms with Crippen molar-refractivity contribution >= 4 is 18.3 Å². The lowest BCUT2D eigenvalue weighted by Crippen LogP contribution is -2.46. The fraction of sp³-hybridized carbons (Fsp3) is 0.875. The van der Waals surface area contributed by atoms with Crippen molar-refractivity contribution in [2.75, 3.05) is 19.6 Å². The maximum atomic E-state index is 11.2. The second kappa shape index (κ2) is 3.62. The Hall–Kier alpha value is -0.280. The molecule has 2 saturated heterocycles. The number of rotatable bonds is 0. The molecular formula is C8H15ClN2O. The van der Waals surface area contributed by atoms with E-state index < -0.39 is 0 Å². The van der Waals surface area contributed by atoms with Gasteiger partial charge in [-0.15, -0.1) is 12.4 Å². The van der Waals surface area contributed by atoms with E-state index in [0.717, 1.165) is 19.6 Å². The van der Waals surface area contributed by atoms with E-state index >= 15 is 0 Å². The molecule has 2 aliphatic rings. The van der Waals surface area contributed by atoms with Gasteiger partial charge in [-0.1, -0.05) is 6.92 Å². The molecule has 0 aliphatic carbocycles. The first-order chi connectivity index (χ1) is 5.29. The topological polar surface area (TPSA) is 41.1 Å². The van der Waals surface area contributed by atoms with Gasteiger partial charge in [-0.05, 0) is 24.9 Å². The number of amides is 1. The van der Waals surface area contributed by atoms with Crippen LogP contribution in [0.1, 0.15) is 6.92 Å². The van der Waals surface area contributed by atoms with Gasteiger partial charge in [-0.2, -0.15) is 0 Å². The molecule has 1 amide bonds. The minimum absolute atomic E-state index is 0. The highest BCUT2D eigenvalue weighted by atomic mass is 35.5. The van der Waals surface area contributed by atoms with Crippen molar-refractivity contribution in [1.29, 1.82) is 0 Å². The van der Waals surface area contributed by atoms with Gasteiger partial charge >= 0.3 is 0 Å². The Morgan fingerprint density at radius 1 is 1.33 bits per heavy atom. The summed E-state index contributed by atoms with van der Waals surface area (Å²) in [6.07, 6.45) is 0. The Morgan fingerprint density at radius 2 is 2.08 bits per heavy atom. The first-order valence-electron chi connectivity index (χ1n) is 4.27. The molecule has 0 aromatic carbocycles. The Kier molecular flexibility index (Phi) is 2.96. The normalized spacial score (nSPS) is 39.8. The number of hydrogen-bond acceptors (Lipinski definition) is 2. The molecule has 2 heterocycles. The van der Waals surface area contributed by atoms with Gasteiger partial charge in [0.25, 0.3) is 0 Å². The van der Waals surface area contributed by atoms with Gasteiger partial charge in [0, 0.05) is 12.5 Å². The highest BCUT2D eigenvalue weighted by Gasteiger charge is 2.38. The van der Waals surface area contributed by atoms with Crippen LogP contribution in [0.3, 0.4) is 0 Å². The lowest BCUT2D eigenvalue weighted by atomic mass is 9.81. The predicted molar refractivity (Wildman–Crippen MR) is 49.3 cm³/mol. The van der Waals surface area contributed by atoms with Crippen molar-refractivity contribution in [3.63, 3.8) is 0 Å². The monoisotopic (exact) mass is 190 g/mol. The second-order valence-corrected chi connectivity index (χ2v) is 3.62. The number of nitrogens with one attached hydrogen (secondary N) is 2. The van der Waals surface area contributed by atoms with Crippen molar-refractivity contribution in [3.8, 4) is 0 Å². The highest BCUT2D eigenvalue weighted by molar-refractivity contribution is 5.85. The van der Waals surface area contributed by atoms with Crippen molar-refractivity contribution in [1.82, 2.24) is 10.6 Å². The summed E-state index contributed by atoms with van der Waals surface area (Å²) in [4.78, 5) is 11.2. The molecule has 2 fully saturated rings. The first-order valence-corrected chi connectivity index (χ1v) is 4.27. The van der Waals surface area contributed by atoms with Crippen molar-refractivity contribution in [3.05, 3.63) is 0 Å². The van der Waals surface area contributed by atoms with Gasteiger partial charge in [0.05, 0.1) is 0 Å². The molecule has 2 rings (SSSR count). The van der Waals surface area contributed by atoms with Crippen LogP contribution in [0, 0.1) is 17.8 Å². The van der Waals surface area contributed by atoms with Gasteiger partial charge in [-0.25, -0.2) is 0 Å². The highest BCUT2D eigenvalue weighted by Crippen LogP contribution is 2.27. The molecule has 2 aliphatic heterocycles. The van der Waals surface area contributed by atoms with Crippen LogP contribution in [0.4, 0.5) is 0 Å². The smallest absolute Gasteiger partial charge is 0.223 e. The van der Waals surface area contributed by atoms with Crippen LogP contribution in [0.15, 0.2) is 0 Å². The maximum Gasteiger partial charge on any atom is 0.223 e. The number of carbonyl (C=O) groups is 1. The minimum atomic E-state index is 0. The van der Waals surface area contributed by atoms with E-state index in [4.69, 9.17) is 0 Å². The Bertz CT molecular complexity index is 186. The van der Waals surface area contributed by atoms with Gasteiger partial charge < -0.3 is 10.6 Å². The van der Waals surface area contributed by atoms with E-state index in [1.165, 1.54) is 0 Å². The van der Waals surface area contributed by atoms with Gasteiger partial charge in [0.2, 0.25) is 5.91 Å². The standard InChI is InChI=1S/C8H14N2O.ClH/c1-5-7-4-9-2-6(7)3-10-8(5)11;/h5-7,9H,2-4H2,1H3,(H,10,11);1H/t5-,6-,7+;/m1./s1. The summed E-state index contributed by atoms with van der Waals surface area (Å²) in [5.41, 5.74) is 0. The summed E-state index contributed by atoms with van der Waals surface area (Å²) in [6.45, 7) is 5.01. The average Bonchev–Trinajstić information content (AvgIpc) is 2.45. The zero-order valence-corrected chi connectivity index (χ0v) is 7.99. The number of carbonyl (C=O) groups excluding carboxylic acids is 1. The number of fused-ring (bicyclic) bond motifs is 1. The van der Waals surface area contributed by atoms with Crippen LogP contribution in [0.5, 0.6) is 0 Å². The van der Waals surface area contributed by atoms with Gasteiger partial charge in [-0.3, -0.25) is 4.79 Å². The van der Waals surface area contributed by atoms with E-state index in [-0.39, 0.29) is 24.2 Å². The Morgan fingerprint density at radius 3 is 2.83 bits per heavy atom. The fourth-order valence-corrected chi connectivity index (χ4v) is 2.15. The third kappa shape index (κ3) is 1.43.